The summed E-state index contributed by atoms with van der Waals surface area (Å²) in [6, 6.07) is 13.8. The molecule has 0 saturated carbocycles. The molecular formula is C16H12ClNO2. The fourth-order valence-corrected chi connectivity index (χ4v) is 1.83. The number of ether oxygens (including phenoxy) is 1. The van der Waals surface area contributed by atoms with E-state index in [1.54, 1.807) is 48.5 Å². The summed E-state index contributed by atoms with van der Waals surface area (Å²) < 4.78 is 5.37. The number of anilines is 1. The van der Waals surface area contributed by atoms with E-state index in [0.29, 0.717) is 22.0 Å². The smallest absolute Gasteiger partial charge is 0.255 e. The zero-order chi connectivity index (χ0) is 14.4. The van der Waals surface area contributed by atoms with Crippen LogP contribution in [0.1, 0.15) is 10.4 Å². The first-order valence-electron chi connectivity index (χ1n) is 5.93. The Balaban J connectivity index is 2.18. The number of hydrogen-bond donors (Lipinski definition) is 1. The van der Waals surface area contributed by atoms with Gasteiger partial charge in [0.05, 0.1) is 5.69 Å². The van der Waals surface area contributed by atoms with Crippen molar-refractivity contribution >= 4 is 23.2 Å². The van der Waals surface area contributed by atoms with E-state index < -0.39 is 0 Å². The third kappa shape index (κ3) is 3.53. The summed E-state index contributed by atoms with van der Waals surface area (Å²) in [6.45, 7) is 0.143. The van der Waals surface area contributed by atoms with E-state index in [9.17, 15) is 4.79 Å². The summed E-state index contributed by atoms with van der Waals surface area (Å²) in [6.07, 6.45) is 5.16. The van der Waals surface area contributed by atoms with Gasteiger partial charge in [0.1, 0.15) is 12.4 Å². The minimum absolute atomic E-state index is 0.143. The molecule has 0 saturated heterocycles. The van der Waals surface area contributed by atoms with Crippen LogP contribution in [-0.2, 0) is 0 Å². The second-order valence-corrected chi connectivity index (χ2v) is 4.39. The van der Waals surface area contributed by atoms with Crippen molar-refractivity contribution in [3.8, 4) is 18.1 Å². The van der Waals surface area contributed by atoms with Crippen molar-refractivity contribution in [2.45, 2.75) is 0 Å². The van der Waals surface area contributed by atoms with Crippen LogP contribution in [0.15, 0.2) is 48.5 Å². The molecule has 0 fully saturated rings. The van der Waals surface area contributed by atoms with Gasteiger partial charge in [-0.05, 0) is 30.3 Å². The van der Waals surface area contributed by atoms with E-state index in [2.05, 4.69) is 11.2 Å². The van der Waals surface area contributed by atoms with Gasteiger partial charge < -0.3 is 10.1 Å². The molecule has 1 amide bonds. The standard InChI is InChI=1S/C16H12ClNO2/c1-2-10-20-15-9-4-3-8-14(15)18-16(19)12-6-5-7-13(17)11-12/h1,3-9,11H,10H2,(H,18,19). The minimum atomic E-state index is -0.260. The van der Waals surface area contributed by atoms with Crippen LogP contribution in [0.4, 0.5) is 5.69 Å². The number of para-hydroxylation sites is 2. The molecule has 0 unspecified atom stereocenters. The molecule has 2 rings (SSSR count). The zero-order valence-corrected chi connectivity index (χ0v) is 11.4. The first-order valence-corrected chi connectivity index (χ1v) is 6.30. The summed E-state index contributed by atoms with van der Waals surface area (Å²) in [4.78, 5) is 12.1. The Morgan fingerprint density at radius 1 is 1.25 bits per heavy atom. The van der Waals surface area contributed by atoms with E-state index in [1.165, 1.54) is 0 Å². The Morgan fingerprint density at radius 3 is 2.80 bits per heavy atom. The van der Waals surface area contributed by atoms with Crippen LogP contribution in [0.2, 0.25) is 5.02 Å². The molecule has 0 spiro atoms. The number of hydrogen-bond acceptors (Lipinski definition) is 2. The van der Waals surface area contributed by atoms with Crippen LogP contribution in [0.5, 0.6) is 5.75 Å². The average Bonchev–Trinajstić information content (AvgIpc) is 2.46. The number of halogens is 1. The predicted molar refractivity (Wildman–Crippen MR) is 80.2 cm³/mol. The highest BCUT2D eigenvalue weighted by Crippen LogP contribution is 2.24. The third-order valence-electron chi connectivity index (χ3n) is 2.53. The van der Waals surface area contributed by atoms with Gasteiger partial charge in [0.25, 0.3) is 5.91 Å². The molecule has 0 atom stereocenters. The maximum absolute atomic E-state index is 12.1. The molecule has 4 heteroatoms. The van der Waals surface area contributed by atoms with Gasteiger partial charge >= 0.3 is 0 Å². The maximum Gasteiger partial charge on any atom is 0.255 e. The molecule has 20 heavy (non-hydrogen) atoms. The second-order valence-electron chi connectivity index (χ2n) is 3.95. The van der Waals surface area contributed by atoms with Gasteiger partial charge in [0, 0.05) is 10.6 Å². The second kappa shape index (κ2) is 6.65. The third-order valence-corrected chi connectivity index (χ3v) is 2.77. The van der Waals surface area contributed by atoms with E-state index in [0.717, 1.165) is 0 Å². The summed E-state index contributed by atoms with van der Waals surface area (Å²) in [5.74, 6) is 2.65. The molecular weight excluding hydrogens is 274 g/mol. The Hall–Kier alpha value is -2.44. The van der Waals surface area contributed by atoms with Crippen LogP contribution < -0.4 is 10.1 Å². The van der Waals surface area contributed by atoms with Crippen molar-refractivity contribution in [1.82, 2.24) is 0 Å². The Labute approximate surface area is 122 Å². The van der Waals surface area contributed by atoms with Gasteiger partial charge in [-0.15, -0.1) is 6.42 Å². The number of benzene rings is 2. The lowest BCUT2D eigenvalue weighted by Gasteiger charge is -2.11. The maximum atomic E-state index is 12.1. The van der Waals surface area contributed by atoms with Crippen molar-refractivity contribution in [1.29, 1.82) is 0 Å². The highest BCUT2D eigenvalue weighted by atomic mass is 35.5. The Bertz CT molecular complexity index is 662. The summed E-state index contributed by atoms with van der Waals surface area (Å²) in [5, 5.41) is 3.28. The summed E-state index contributed by atoms with van der Waals surface area (Å²) in [5.41, 5.74) is 1.04. The van der Waals surface area contributed by atoms with E-state index in [-0.39, 0.29) is 12.5 Å². The Morgan fingerprint density at radius 2 is 2.05 bits per heavy atom. The quantitative estimate of drug-likeness (QED) is 0.872. The molecule has 3 nitrogen and oxygen atoms in total. The molecule has 0 aliphatic heterocycles. The molecule has 0 bridgehead atoms. The molecule has 100 valence electrons. The largest absolute Gasteiger partial charge is 0.479 e. The number of nitrogens with one attached hydrogen (secondary N) is 1. The number of terminal acetylenes is 1. The summed E-state index contributed by atoms with van der Waals surface area (Å²) >= 11 is 5.86. The number of amides is 1. The fraction of sp³-hybridized carbons (Fsp3) is 0.0625. The fourth-order valence-electron chi connectivity index (χ4n) is 1.64. The molecule has 2 aromatic rings. The highest BCUT2D eigenvalue weighted by Gasteiger charge is 2.09. The van der Waals surface area contributed by atoms with Crippen LogP contribution in [0.25, 0.3) is 0 Å². The lowest BCUT2D eigenvalue weighted by atomic mass is 10.2. The van der Waals surface area contributed by atoms with Crippen LogP contribution in [0, 0.1) is 12.3 Å². The van der Waals surface area contributed by atoms with Gasteiger partial charge in [-0.1, -0.05) is 35.7 Å². The van der Waals surface area contributed by atoms with Crippen LogP contribution in [0.3, 0.4) is 0 Å². The van der Waals surface area contributed by atoms with E-state index in [1.807, 2.05) is 0 Å². The minimum Gasteiger partial charge on any atom is -0.479 e. The van der Waals surface area contributed by atoms with Crippen LogP contribution >= 0.6 is 11.6 Å². The Kier molecular flexibility index (Phi) is 4.65. The molecule has 0 aromatic heterocycles. The lowest BCUT2D eigenvalue weighted by molar-refractivity contribution is 0.102. The van der Waals surface area contributed by atoms with Crippen molar-refractivity contribution in [3.05, 3.63) is 59.1 Å². The molecule has 0 heterocycles. The van der Waals surface area contributed by atoms with Gasteiger partial charge in [-0.3, -0.25) is 4.79 Å². The average molecular weight is 286 g/mol. The van der Waals surface area contributed by atoms with Crippen molar-refractivity contribution < 1.29 is 9.53 Å². The SMILES string of the molecule is C#CCOc1ccccc1NC(=O)c1cccc(Cl)c1. The first-order chi connectivity index (χ1) is 9.70. The van der Waals surface area contributed by atoms with E-state index in [4.69, 9.17) is 22.8 Å². The normalized spacial score (nSPS) is 9.60. The van der Waals surface area contributed by atoms with Gasteiger partial charge in [0.15, 0.2) is 0 Å². The molecule has 2 aromatic carbocycles. The number of rotatable bonds is 4. The van der Waals surface area contributed by atoms with Crippen molar-refractivity contribution in [2.75, 3.05) is 11.9 Å². The van der Waals surface area contributed by atoms with Gasteiger partial charge in [-0.2, -0.15) is 0 Å². The van der Waals surface area contributed by atoms with Gasteiger partial charge in [0.2, 0.25) is 0 Å². The molecule has 0 radical (unpaired) electrons. The van der Waals surface area contributed by atoms with Gasteiger partial charge in [-0.25, -0.2) is 0 Å². The monoisotopic (exact) mass is 285 g/mol. The molecule has 0 aliphatic rings. The van der Waals surface area contributed by atoms with Crippen LogP contribution in [-0.4, -0.2) is 12.5 Å². The van der Waals surface area contributed by atoms with Crippen molar-refractivity contribution in [3.63, 3.8) is 0 Å². The lowest BCUT2D eigenvalue weighted by Crippen LogP contribution is -2.12. The first kappa shape index (κ1) is 14.0. The summed E-state index contributed by atoms with van der Waals surface area (Å²) in [7, 11) is 0. The zero-order valence-electron chi connectivity index (χ0n) is 10.6. The number of carbonyl (C=O) groups excluding carboxylic acids is 1. The van der Waals surface area contributed by atoms with E-state index >= 15 is 0 Å². The molecule has 0 aliphatic carbocycles. The van der Waals surface area contributed by atoms with Crippen molar-refractivity contribution in [2.24, 2.45) is 0 Å². The predicted octanol–water partition coefficient (Wildman–Crippen LogP) is 3.60. The molecule has 1 N–H and O–H groups in total. The topological polar surface area (TPSA) is 38.3 Å². The number of carbonyl (C=O) groups is 1. The highest BCUT2D eigenvalue weighted by molar-refractivity contribution is 6.31.